The summed E-state index contributed by atoms with van der Waals surface area (Å²) in [5.74, 6) is -0.125. The zero-order valence-electron chi connectivity index (χ0n) is 13.3. The van der Waals surface area contributed by atoms with Crippen molar-refractivity contribution in [1.82, 2.24) is 19.6 Å². The number of halogens is 1. The molecule has 0 saturated heterocycles. The summed E-state index contributed by atoms with van der Waals surface area (Å²) in [6, 6.07) is 9.89. The van der Waals surface area contributed by atoms with E-state index < -0.39 is 0 Å². The molecule has 0 bridgehead atoms. The molecule has 3 aromatic rings. The van der Waals surface area contributed by atoms with Crippen LogP contribution in [0.4, 0.5) is 10.2 Å². The second-order valence-electron chi connectivity index (χ2n) is 5.38. The maximum atomic E-state index is 13.7. The maximum Gasteiger partial charge on any atom is 0.275 e. The van der Waals surface area contributed by atoms with Crippen LogP contribution in [-0.2, 0) is 13.1 Å². The summed E-state index contributed by atoms with van der Waals surface area (Å²) >= 11 is 0. The molecule has 0 atom stereocenters. The van der Waals surface area contributed by atoms with Gasteiger partial charge in [0.05, 0.1) is 6.54 Å². The highest BCUT2D eigenvalue weighted by atomic mass is 19.1. The monoisotopic (exact) mass is 327 g/mol. The van der Waals surface area contributed by atoms with Gasteiger partial charge in [0.15, 0.2) is 5.82 Å². The summed E-state index contributed by atoms with van der Waals surface area (Å²) in [4.78, 5) is 12.3. The molecule has 0 fully saturated rings. The van der Waals surface area contributed by atoms with E-state index in [1.807, 2.05) is 6.92 Å². The second-order valence-corrected chi connectivity index (χ2v) is 5.38. The first-order chi connectivity index (χ1) is 11.7. The normalized spacial score (nSPS) is 10.8. The van der Waals surface area contributed by atoms with Gasteiger partial charge in [-0.3, -0.25) is 14.2 Å². The van der Waals surface area contributed by atoms with Crippen molar-refractivity contribution in [2.24, 2.45) is 0 Å². The molecule has 6 nitrogen and oxygen atoms in total. The molecule has 1 amide bonds. The highest BCUT2D eigenvalue weighted by Crippen LogP contribution is 2.11. The summed E-state index contributed by atoms with van der Waals surface area (Å²) in [7, 11) is 0. The summed E-state index contributed by atoms with van der Waals surface area (Å²) in [5, 5.41) is 11.1. The maximum absolute atomic E-state index is 13.7. The number of nitrogens with zero attached hydrogens (tertiary/aromatic N) is 4. The van der Waals surface area contributed by atoms with E-state index in [-0.39, 0.29) is 11.7 Å². The largest absolute Gasteiger partial charge is 0.304 e. The first-order valence-electron chi connectivity index (χ1n) is 7.77. The third-order valence-electron chi connectivity index (χ3n) is 3.56. The van der Waals surface area contributed by atoms with E-state index in [4.69, 9.17) is 0 Å². The Kier molecular flexibility index (Phi) is 4.69. The molecule has 0 radical (unpaired) electrons. The van der Waals surface area contributed by atoms with Crippen molar-refractivity contribution < 1.29 is 9.18 Å². The van der Waals surface area contributed by atoms with E-state index in [0.717, 1.165) is 6.42 Å². The third-order valence-corrected chi connectivity index (χ3v) is 3.56. The lowest BCUT2D eigenvalue weighted by Crippen LogP contribution is -2.18. The molecule has 0 spiro atoms. The Morgan fingerprint density at radius 1 is 1.25 bits per heavy atom. The van der Waals surface area contributed by atoms with Crippen molar-refractivity contribution in [2.75, 3.05) is 5.32 Å². The predicted molar refractivity (Wildman–Crippen MR) is 88.2 cm³/mol. The molecular formula is C17H18FN5O. The van der Waals surface area contributed by atoms with Gasteiger partial charge < -0.3 is 5.32 Å². The van der Waals surface area contributed by atoms with Crippen LogP contribution in [0.25, 0.3) is 0 Å². The minimum Gasteiger partial charge on any atom is -0.304 e. The fraction of sp³-hybridized carbons (Fsp3) is 0.235. The Bertz CT molecular complexity index is 839. The predicted octanol–water partition coefficient (Wildman–Crippen LogP) is 2.93. The van der Waals surface area contributed by atoms with Gasteiger partial charge in [0.2, 0.25) is 0 Å². The standard InChI is InChI=1S/C17H18FN5O/c1-2-10-23-15(7-9-19-23)17(24)20-16-8-11-22(21-16)12-13-5-3-4-6-14(13)18/h3-9,11H,2,10,12H2,1H3,(H,20,21,24). The molecule has 1 N–H and O–H groups in total. The van der Waals surface area contributed by atoms with Crippen molar-refractivity contribution in [2.45, 2.75) is 26.4 Å². The van der Waals surface area contributed by atoms with E-state index in [1.54, 1.807) is 52.1 Å². The number of carbonyl (C=O) groups is 1. The number of rotatable bonds is 6. The van der Waals surface area contributed by atoms with Crippen LogP contribution in [0.3, 0.4) is 0 Å². The van der Waals surface area contributed by atoms with E-state index in [1.165, 1.54) is 6.07 Å². The van der Waals surface area contributed by atoms with Crippen molar-refractivity contribution >= 4 is 11.7 Å². The number of amides is 1. The number of aromatic nitrogens is 4. The molecule has 0 saturated carbocycles. The van der Waals surface area contributed by atoms with Gasteiger partial charge in [-0.25, -0.2) is 4.39 Å². The Hall–Kier alpha value is -2.96. The lowest BCUT2D eigenvalue weighted by atomic mass is 10.2. The van der Waals surface area contributed by atoms with Gasteiger partial charge in [-0.1, -0.05) is 25.1 Å². The van der Waals surface area contributed by atoms with Crippen LogP contribution in [0.2, 0.25) is 0 Å². The zero-order chi connectivity index (χ0) is 16.9. The van der Waals surface area contributed by atoms with Crippen LogP contribution >= 0.6 is 0 Å². The Morgan fingerprint density at radius 3 is 2.88 bits per heavy atom. The van der Waals surface area contributed by atoms with E-state index in [2.05, 4.69) is 15.5 Å². The molecule has 3 rings (SSSR count). The summed E-state index contributed by atoms with van der Waals surface area (Å²) in [5.41, 5.74) is 1.03. The first kappa shape index (κ1) is 15.9. The minimum absolute atomic E-state index is 0.267. The molecule has 24 heavy (non-hydrogen) atoms. The number of aryl methyl sites for hydroxylation is 1. The van der Waals surface area contributed by atoms with E-state index >= 15 is 0 Å². The van der Waals surface area contributed by atoms with Gasteiger partial charge in [-0.2, -0.15) is 10.2 Å². The lowest BCUT2D eigenvalue weighted by molar-refractivity contribution is 0.101. The Morgan fingerprint density at radius 2 is 2.08 bits per heavy atom. The van der Waals surface area contributed by atoms with Crippen molar-refractivity contribution in [3.63, 3.8) is 0 Å². The van der Waals surface area contributed by atoms with Gasteiger partial charge in [-0.15, -0.1) is 0 Å². The minimum atomic E-state index is -0.276. The summed E-state index contributed by atoms with van der Waals surface area (Å²) in [6.07, 6.45) is 4.19. The number of carbonyl (C=O) groups excluding carboxylic acids is 1. The van der Waals surface area contributed by atoms with Crippen molar-refractivity contribution in [3.8, 4) is 0 Å². The molecule has 2 heterocycles. The van der Waals surface area contributed by atoms with E-state index in [9.17, 15) is 9.18 Å². The number of nitrogens with one attached hydrogen (secondary N) is 1. The highest BCUT2D eigenvalue weighted by Gasteiger charge is 2.13. The van der Waals surface area contributed by atoms with Gasteiger partial charge in [-0.05, 0) is 18.6 Å². The number of anilines is 1. The first-order valence-corrected chi connectivity index (χ1v) is 7.77. The molecule has 0 aliphatic carbocycles. The fourth-order valence-electron chi connectivity index (χ4n) is 2.41. The van der Waals surface area contributed by atoms with Crippen LogP contribution < -0.4 is 5.32 Å². The second kappa shape index (κ2) is 7.08. The molecule has 0 aliphatic rings. The van der Waals surface area contributed by atoms with Crippen LogP contribution in [-0.4, -0.2) is 25.5 Å². The number of hydrogen-bond acceptors (Lipinski definition) is 3. The van der Waals surface area contributed by atoms with Gasteiger partial charge in [0.1, 0.15) is 11.5 Å². The topological polar surface area (TPSA) is 64.7 Å². The Labute approximate surface area is 138 Å². The molecular weight excluding hydrogens is 309 g/mol. The fourth-order valence-corrected chi connectivity index (χ4v) is 2.41. The average Bonchev–Trinajstić information content (AvgIpc) is 3.19. The summed E-state index contributed by atoms with van der Waals surface area (Å²) < 4.78 is 16.9. The quantitative estimate of drug-likeness (QED) is 0.757. The van der Waals surface area contributed by atoms with Crippen molar-refractivity contribution in [3.05, 3.63) is 65.9 Å². The van der Waals surface area contributed by atoms with Crippen LogP contribution in [0.1, 0.15) is 29.4 Å². The molecule has 1 aromatic carbocycles. The van der Waals surface area contributed by atoms with Gasteiger partial charge in [0.25, 0.3) is 5.91 Å². The highest BCUT2D eigenvalue weighted by molar-refractivity contribution is 6.02. The smallest absolute Gasteiger partial charge is 0.275 e. The molecule has 7 heteroatoms. The summed E-state index contributed by atoms with van der Waals surface area (Å²) in [6.45, 7) is 3.00. The van der Waals surface area contributed by atoms with Gasteiger partial charge in [0, 0.05) is 30.6 Å². The van der Waals surface area contributed by atoms with Crippen LogP contribution in [0, 0.1) is 5.82 Å². The van der Waals surface area contributed by atoms with Crippen LogP contribution in [0.15, 0.2) is 48.8 Å². The Balaban J connectivity index is 1.69. The molecule has 2 aromatic heterocycles. The third kappa shape index (κ3) is 3.51. The number of benzene rings is 1. The molecule has 0 aliphatic heterocycles. The molecule has 124 valence electrons. The van der Waals surface area contributed by atoms with Crippen molar-refractivity contribution in [1.29, 1.82) is 0 Å². The SMILES string of the molecule is CCCn1nccc1C(=O)Nc1ccn(Cc2ccccc2F)n1. The zero-order valence-corrected chi connectivity index (χ0v) is 13.3. The van der Waals surface area contributed by atoms with Crippen LogP contribution in [0.5, 0.6) is 0 Å². The molecule has 0 unspecified atom stereocenters. The average molecular weight is 327 g/mol. The van der Waals surface area contributed by atoms with Gasteiger partial charge >= 0.3 is 0 Å². The lowest BCUT2D eigenvalue weighted by Gasteiger charge is -2.06. The number of hydrogen-bond donors (Lipinski definition) is 1. The van der Waals surface area contributed by atoms with E-state index in [0.29, 0.717) is 30.2 Å².